The Morgan fingerprint density at radius 1 is 1.29 bits per heavy atom. The van der Waals surface area contributed by atoms with E-state index in [0.29, 0.717) is 11.8 Å². The molecule has 1 amide bonds. The first-order valence-electron chi connectivity index (χ1n) is 9.65. The van der Waals surface area contributed by atoms with Gasteiger partial charge in [-0.2, -0.15) is 0 Å². The van der Waals surface area contributed by atoms with Gasteiger partial charge in [0.15, 0.2) is 6.61 Å². The molecule has 1 aliphatic carbocycles. The van der Waals surface area contributed by atoms with Crippen LogP contribution in [0.15, 0.2) is 11.4 Å². The van der Waals surface area contributed by atoms with Crippen LogP contribution in [0.2, 0.25) is 0 Å². The summed E-state index contributed by atoms with van der Waals surface area (Å²) in [4.78, 5) is 35.0. The van der Waals surface area contributed by atoms with Crippen molar-refractivity contribution in [3.8, 4) is 0 Å². The molecule has 1 N–H and O–H groups in total. The van der Waals surface area contributed by atoms with E-state index in [1.165, 1.54) is 29.4 Å². The van der Waals surface area contributed by atoms with Crippen LogP contribution in [0.3, 0.4) is 0 Å². The van der Waals surface area contributed by atoms with Gasteiger partial charge in [-0.25, -0.2) is 9.97 Å². The third kappa shape index (κ3) is 4.84. The largest absolute Gasteiger partial charge is 0.455 e. The molecule has 0 spiro atoms. The lowest BCUT2D eigenvalue weighted by atomic mass is 9.78. The molecular weight excluding hydrogens is 394 g/mol. The predicted octanol–water partition coefficient (Wildman–Crippen LogP) is 3.88. The minimum atomic E-state index is -0.415. The monoisotopic (exact) mass is 421 g/mol. The zero-order chi connectivity index (χ0) is 20.3. The van der Waals surface area contributed by atoms with Gasteiger partial charge in [0.1, 0.15) is 16.2 Å². The van der Waals surface area contributed by atoms with Crippen LogP contribution in [0.25, 0.3) is 10.2 Å². The van der Waals surface area contributed by atoms with Crippen LogP contribution in [-0.2, 0) is 14.3 Å². The molecule has 3 rings (SSSR count). The summed E-state index contributed by atoms with van der Waals surface area (Å²) in [6, 6.07) is 0.170. The average Bonchev–Trinajstić information content (AvgIpc) is 2.96. The van der Waals surface area contributed by atoms with Gasteiger partial charge in [0, 0.05) is 16.3 Å². The zero-order valence-electron chi connectivity index (χ0n) is 16.8. The maximum atomic E-state index is 12.2. The summed E-state index contributed by atoms with van der Waals surface area (Å²) < 4.78 is 5.16. The Bertz CT molecular complexity index is 868. The van der Waals surface area contributed by atoms with Gasteiger partial charge in [0.25, 0.3) is 5.91 Å². The summed E-state index contributed by atoms with van der Waals surface area (Å²) in [5.41, 5.74) is 1.15. The Morgan fingerprint density at radius 2 is 2.07 bits per heavy atom. The van der Waals surface area contributed by atoms with Gasteiger partial charge in [-0.05, 0) is 37.7 Å². The number of amides is 1. The first kappa shape index (κ1) is 21.0. The first-order chi connectivity index (χ1) is 13.4. The van der Waals surface area contributed by atoms with Crippen molar-refractivity contribution >= 4 is 45.2 Å². The topological polar surface area (TPSA) is 81.2 Å². The van der Waals surface area contributed by atoms with Crippen LogP contribution in [-0.4, -0.2) is 40.2 Å². The van der Waals surface area contributed by atoms with E-state index in [1.807, 2.05) is 6.92 Å². The summed E-state index contributed by atoms with van der Waals surface area (Å²) in [5.74, 6) is 0.526. The number of thiophene rings is 1. The lowest BCUT2D eigenvalue weighted by molar-refractivity contribution is -0.146. The van der Waals surface area contributed by atoms with E-state index >= 15 is 0 Å². The fourth-order valence-corrected chi connectivity index (χ4v) is 5.52. The number of aromatic nitrogens is 2. The fourth-order valence-electron chi connectivity index (χ4n) is 3.61. The van der Waals surface area contributed by atoms with Gasteiger partial charge in [-0.3, -0.25) is 9.59 Å². The van der Waals surface area contributed by atoms with Crippen molar-refractivity contribution in [3.63, 3.8) is 0 Å². The summed E-state index contributed by atoms with van der Waals surface area (Å²) in [5, 5.41) is 4.80. The molecule has 1 fully saturated rings. The Hall–Kier alpha value is -1.67. The quantitative estimate of drug-likeness (QED) is 0.433. The molecule has 0 aromatic carbocycles. The Labute approximate surface area is 173 Å². The van der Waals surface area contributed by atoms with E-state index in [4.69, 9.17) is 4.74 Å². The van der Waals surface area contributed by atoms with Gasteiger partial charge in [0.2, 0.25) is 0 Å². The standard InChI is InChI=1S/C20H27N3O3S2/c1-11-6-5-7-15(12(11)2)23-16(24)8-26-17(25)9-27-19-18-13(3)14(4)28-20(18)22-10-21-19/h10-12,15H,5-9H2,1-4H3,(H,23,24)/t11-,12+,15-/m1/s1. The second kappa shape index (κ2) is 9.22. The SMILES string of the molecule is Cc1sc2ncnc(SCC(=O)OCC(=O)N[C@@H]3CCC[C@@H](C)[C@@H]3C)c2c1C. The highest BCUT2D eigenvalue weighted by Gasteiger charge is 2.28. The van der Waals surface area contributed by atoms with E-state index in [2.05, 4.69) is 36.1 Å². The van der Waals surface area contributed by atoms with Gasteiger partial charge >= 0.3 is 5.97 Å². The van der Waals surface area contributed by atoms with Crippen LogP contribution in [0, 0.1) is 25.7 Å². The molecule has 28 heavy (non-hydrogen) atoms. The zero-order valence-corrected chi connectivity index (χ0v) is 18.4. The number of ether oxygens (including phenoxy) is 1. The highest BCUT2D eigenvalue weighted by Crippen LogP contribution is 2.34. The maximum absolute atomic E-state index is 12.2. The summed E-state index contributed by atoms with van der Waals surface area (Å²) in [6.07, 6.45) is 4.84. The molecule has 0 saturated heterocycles. The van der Waals surface area contributed by atoms with E-state index in [9.17, 15) is 9.59 Å². The molecule has 152 valence electrons. The van der Waals surface area contributed by atoms with Gasteiger partial charge in [-0.1, -0.05) is 38.5 Å². The summed E-state index contributed by atoms with van der Waals surface area (Å²) >= 11 is 2.95. The number of fused-ring (bicyclic) bond motifs is 1. The Morgan fingerprint density at radius 3 is 2.86 bits per heavy atom. The number of nitrogens with zero attached hydrogens (tertiary/aromatic N) is 2. The number of hydrogen-bond acceptors (Lipinski definition) is 7. The molecule has 6 nitrogen and oxygen atoms in total. The van der Waals surface area contributed by atoms with Crippen LogP contribution in [0.5, 0.6) is 0 Å². The predicted molar refractivity (Wildman–Crippen MR) is 113 cm³/mol. The third-order valence-corrected chi connectivity index (χ3v) is 7.75. The second-order valence-electron chi connectivity index (χ2n) is 7.53. The molecule has 2 aromatic rings. The molecule has 8 heteroatoms. The third-order valence-electron chi connectivity index (χ3n) is 5.67. The van der Waals surface area contributed by atoms with Crippen LogP contribution < -0.4 is 5.32 Å². The van der Waals surface area contributed by atoms with E-state index < -0.39 is 5.97 Å². The maximum Gasteiger partial charge on any atom is 0.316 e. The van der Waals surface area contributed by atoms with E-state index in [1.54, 1.807) is 11.3 Å². The number of thioether (sulfide) groups is 1. The Balaban J connectivity index is 1.48. The number of esters is 1. The van der Waals surface area contributed by atoms with Crippen molar-refractivity contribution in [2.45, 2.75) is 58.0 Å². The first-order valence-corrected chi connectivity index (χ1v) is 11.5. The summed E-state index contributed by atoms with van der Waals surface area (Å²) in [7, 11) is 0. The highest BCUT2D eigenvalue weighted by atomic mass is 32.2. The fraction of sp³-hybridized carbons (Fsp3) is 0.600. The molecule has 0 unspecified atom stereocenters. The normalized spacial score (nSPS) is 22.2. The van der Waals surface area contributed by atoms with Crippen LogP contribution >= 0.6 is 23.1 Å². The minimum absolute atomic E-state index is 0.116. The van der Waals surface area contributed by atoms with Gasteiger partial charge in [-0.15, -0.1) is 11.3 Å². The van der Waals surface area contributed by atoms with Crippen LogP contribution in [0.4, 0.5) is 0 Å². The van der Waals surface area contributed by atoms with Crippen molar-refractivity contribution in [1.82, 2.24) is 15.3 Å². The molecule has 0 radical (unpaired) electrons. The van der Waals surface area contributed by atoms with E-state index in [-0.39, 0.29) is 24.3 Å². The van der Waals surface area contributed by atoms with Gasteiger partial charge in [0.05, 0.1) is 5.75 Å². The van der Waals surface area contributed by atoms with Gasteiger partial charge < -0.3 is 10.1 Å². The highest BCUT2D eigenvalue weighted by molar-refractivity contribution is 8.00. The lowest BCUT2D eigenvalue weighted by Crippen LogP contribution is -2.45. The number of carbonyl (C=O) groups excluding carboxylic acids is 2. The molecule has 0 bridgehead atoms. The van der Waals surface area contributed by atoms with Crippen LogP contribution in [0.1, 0.15) is 43.6 Å². The number of nitrogens with one attached hydrogen (secondary N) is 1. The van der Waals surface area contributed by atoms with Crippen molar-refractivity contribution in [3.05, 3.63) is 16.8 Å². The smallest absolute Gasteiger partial charge is 0.316 e. The second-order valence-corrected chi connectivity index (χ2v) is 9.70. The Kier molecular flexibility index (Phi) is 6.93. The minimum Gasteiger partial charge on any atom is -0.455 e. The molecule has 0 aliphatic heterocycles. The van der Waals surface area contributed by atoms with Crippen molar-refractivity contribution < 1.29 is 14.3 Å². The van der Waals surface area contributed by atoms with Crippen molar-refractivity contribution in [2.24, 2.45) is 11.8 Å². The molecule has 2 heterocycles. The number of aryl methyl sites for hydroxylation is 2. The van der Waals surface area contributed by atoms with E-state index in [0.717, 1.165) is 33.6 Å². The number of carbonyl (C=O) groups is 2. The molecule has 1 saturated carbocycles. The molecule has 3 atom stereocenters. The molecule has 2 aromatic heterocycles. The van der Waals surface area contributed by atoms with Crippen molar-refractivity contribution in [1.29, 1.82) is 0 Å². The average molecular weight is 422 g/mol. The summed E-state index contributed by atoms with van der Waals surface area (Å²) in [6.45, 7) is 8.26. The number of rotatable bonds is 6. The lowest BCUT2D eigenvalue weighted by Gasteiger charge is -2.34. The van der Waals surface area contributed by atoms with Crippen molar-refractivity contribution in [2.75, 3.05) is 12.4 Å². The number of hydrogen-bond donors (Lipinski definition) is 1. The molecule has 1 aliphatic rings. The molecular formula is C20H27N3O3S2.